The third-order valence-electron chi connectivity index (χ3n) is 2.99. The fraction of sp³-hybridized carbons (Fsp3) is 0.0625. The van der Waals surface area contributed by atoms with Crippen LogP contribution in [0.5, 0.6) is 5.75 Å². The van der Waals surface area contributed by atoms with Crippen molar-refractivity contribution in [2.24, 2.45) is 0 Å². The predicted molar refractivity (Wildman–Crippen MR) is 91.5 cm³/mol. The lowest BCUT2D eigenvalue weighted by Crippen LogP contribution is -1.93. The molecule has 2 aromatic carbocycles. The third kappa shape index (κ3) is 3.25. The number of hydrogen-bond donors (Lipinski definition) is 1. The van der Waals surface area contributed by atoms with Crippen molar-refractivity contribution in [3.05, 3.63) is 58.4 Å². The van der Waals surface area contributed by atoms with E-state index in [2.05, 4.69) is 26.2 Å². The predicted octanol–water partition coefficient (Wildman–Crippen LogP) is 5.32. The fourth-order valence-electron chi connectivity index (χ4n) is 1.95. The summed E-state index contributed by atoms with van der Waals surface area (Å²) in [6.45, 7) is 0. The molecular weight excluding hydrogens is 348 g/mol. The van der Waals surface area contributed by atoms with Crippen LogP contribution >= 0.6 is 27.3 Å². The Morgan fingerprint density at radius 1 is 1.10 bits per heavy atom. The second-order valence-electron chi connectivity index (χ2n) is 4.37. The van der Waals surface area contributed by atoms with Gasteiger partial charge in [-0.15, -0.1) is 11.3 Å². The molecule has 1 N–H and O–H groups in total. The number of methoxy groups -OCH3 is 1. The summed E-state index contributed by atoms with van der Waals surface area (Å²) >= 11 is 5.01. The van der Waals surface area contributed by atoms with E-state index in [0.29, 0.717) is 0 Å². The van der Waals surface area contributed by atoms with Crippen molar-refractivity contribution >= 4 is 38.1 Å². The Labute approximate surface area is 135 Å². The van der Waals surface area contributed by atoms with Crippen LogP contribution in [0, 0.1) is 0 Å². The van der Waals surface area contributed by atoms with Crippen LogP contribution in [0.4, 0.5) is 10.8 Å². The van der Waals surface area contributed by atoms with Crippen LogP contribution in [0.2, 0.25) is 0 Å². The molecule has 0 saturated heterocycles. The summed E-state index contributed by atoms with van der Waals surface area (Å²) < 4.78 is 6.40. The first-order valence-corrected chi connectivity index (χ1v) is 8.05. The van der Waals surface area contributed by atoms with Crippen molar-refractivity contribution in [3.63, 3.8) is 0 Å². The topological polar surface area (TPSA) is 34.1 Å². The molecule has 0 spiro atoms. The van der Waals surface area contributed by atoms with Crippen LogP contribution in [0.3, 0.4) is 0 Å². The molecule has 0 amide bonds. The Morgan fingerprint density at radius 3 is 2.62 bits per heavy atom. The monoisotopic (exact) mass is 360 g/mol. The second-order valence-corrected chi connectivity index (χ2v) is 6.14. The minimum absolute atomic E-state index is 0.804. The van der Waals surface area contributed by atoms with Crippen molar-refractivity contribution in [1.82, 2.24) is 4.98 Å². The highest BCUT2D eigenvalue weighted by Crippen LogP contribution is 2.31. The van der Waals surface area contributed by atoms with Crippen molar-refractivity contribution in [1.29, 1.82) is 0 Å². The van der Waals surface area contributed by atoms with Crippen LogP contribution in [0.15, 0.2) is 58.4 Å². The van der Waals surface area contributed by atoms with E-state index in [1.54, 1.807) is 18.4 Å². The zero-order valence-electron chi connectivity index (χ0n) is 11.3. The van der Waals surface area contributed by atoms with Gasteiger partial charge in [0, 0.05) is 15.4 Å². The molecule has 21 heavy (non-hydrogen) atoms. The second kappa shape index (κ2) is 6.28. The van der Waals surface area contributed by atoms with Crippen LogP contribution in [-0.2, 0) is 0 Å². The highest BCUT2D eigenvalue weighted by molar-refractivity contribution is 9.10. The first-order chi connectivity index (χ1) is 10.3. The van der Waals surface area contributed by atoms with E-state index >= 15 is 0 Å². The molecule has 3 rings (SSSR count). The molecule has 1 aromatic heterocycles. The number of nitrogens with one attached hydrogen (secondary N) is 1. The van der Waals surface area contributed by atoms with E-state index in [0.717, 1.165) is 32.3 Å². The standard InChI is InChI=1S/C16H13BrN2OS/c1-20-15-5-3-2-4-13(15)18-16-19-14(10-21-16)11-6-8-12(17)9-7-11/h2-10H,1H3,(H,18,19). The molecule has 0 aliphatic rings. The first-order valence-electron chi connectivity index (χ1n) is 6.38. The lowest BCUT2D eigenvalue weighted by molar-refractivity contribution is 0.417. The number of para-hydroxylation sites is 2. The molecule has 3 aromatic rings. The number of benzene rings is 2. The number of nitrogens with zero attached hydrogens (tertiary/aromatic N) is 1. The lowest BCUT2D eigenvalue weighted by Gasteiger charge is -2.08. The Kier molecular flexibility index (Phi) is 4.22. The van der Waals surface area contributed by atoms with Crippen molar-refractivity contribution in [2.45, 2.75) is 0 Å². The van der Waals surface area contributed by atoms with Crippen LogP contribution in [0.1, 0.15) is 0 Å². The summed E-state index contributed by atoms with van der Waals surface area (Å²) in [7, 11) is 1.66. The van der Waals surface area contributed by atoms with Gasteiger partial charge in [0.05, 0.1) is 18.5 Å². The number of halogens is 1. The Bertz CT molecular complexity index is 740. The van der Waals surface area contributed by atoms with Gasteiger partial charge >= 0.3 is 0 Å². The Balaban J connectivity index is 1.83. The molecule has 0 saturated carbocycles. The molecule has 1 heterocycles. The zero-order chi connectivity index (χ0) is 14.7. The van der Waals surface area contributed by atoms with Gasteiger partial charge < -0.3 is 10.1 Å². The van der Waals surface area contributed by atoms with Crippen molar-refractivity contribution < 1.29 is 4.74 Å². The van der Waals surface area contributed by atoms with Gasteiger partial charge in [-0.2, -0.15) is 0 Å². The average Bonchev–Trinajstić information content (AvgIpc) is 2.97. The van der Waals surface area contributed by atoms with Crippen LogP contribution in [0.25, 0.3) is 11.3 Å². The summed E-state index contributed by atoms with van der Waals surface area (Å²) in [5.41, 5.74) is 2.98. The smallest absolute Gasteiger partial charge is 0.187 e. The summed E-state index contributed by atoms with van der Waals surface area (Å²) in [6.07, 6.45) is 0. The van der Waals surface area contributed by atoms with Gasteiger partial charge in [0.25, 0.3) is 0 Å². The molecule has 3 nitrogen and oxygen atoms in total. The normalized spacial score (nSPS) is 10.4. The summed E-state index contributed by atoms with van der Waals surface area (Å²) in [5, 5.41) is 6.19. The molecule has 0 aliphatic heterocycles. The number of ether oxygens (including phenoxy) is 1. The SMILES string of the molecule is COc1ccccc1Nc1nc(-c2ccc(Br)cc2)cs1. The zero-order valence-corrected chi connectivity index (χ0v) is 13.7. The molecule has 0 radical (unpaired) electrons. The minimum Gasteiger partial charge on any atom is -0.495 e. The van der Waals surface area contributed by atoms with E-state index in [4.69, 9.17) is 4.74 Å². The van der Waals surface area contributed by atoms with Gasteiger partial charge in [0.1, 0.15) is 5.75 Å². The van der Waals surface area contributed by atoms with Gasteiger partial charge in [-0.25, -0.2) is 4.98 Å². The quantitative estimate of drug-likeness (QED) is 0.683. The van der Waals surface area contributed by atoms with Gasteiger partial charge in [0.2, 0.25) is 0 Å². The van der Waals surface area contributed by atoms with Gasteiger partial charge in [0.15, 0.2) is 5.13 Å². The molecule has 0 fully saturated rings. The first kappa shape index (κ1) is 14.1. The Hall–Kier alpha value is -1.85. The van der Waals surface area contributed by atoms with Crippen LogP contribution in [-0.4, -0.2) is 12.1 Å². The van der Waals surface area contributed by atoms with Gasteiger partial charge in [-0.3, -0.25) is 0 Å². The number of rotatable bonds is 4. The van der Waals surface area contributed by atoms with E-state index in [-0.39, 0.29) is 0 Å². The molecule has 0 aliphatic carbocycles. The molecule has 5 heteroatoms. The molecular formula is C16H13BrN2OS. The van der Waals surface area contributed by atoms with Gasteiger partial charge in [-0.1, -0.05) is 40.2 Å². The molecule has 0 atom stereocenters. The largest absolute Gasteiger partial charge is 0.495 e. The third-order valence-corrected chi connectivity index (χ3v) is 4.28. The van der Waals surface area contributed by atoms with Gasteiger partial charge in [-0.05, 0) is 24.3 Å². The maximum absolute atomic E-state index is 5.33. The number of thiazole rings is 1. The van der Waals surface area contributed by atoms with E-state index in [1.807, 2.05) is 53.9 Å². The summed E-state index contributed by atoms with van der Waals surface area (Å²) in [6, 6.07) is 15.9. The maximum atomic E-state index is 5.33. The molecule has 0 unspecified atom stereocenters. The maximum Gasteiger partial charge on any atom is 0.187 e. The highest BCUT2D eigenvalue weighted by atomic mass is 79.9. The summed E-state index contributed by atoms with van der Waals surface area (Å²) in [5.74, 6) is 0.804. The van der Waals surface area contributed by atoms with Crippen LogP contribution < -0.4 is 10.1 Å². The van der Waals surface area contributed by atoms with E-state index < -0.39 is 0 Å². The fourth-order valence-corrected chi connectivity index (χ4v) is 2.94. The lowest BCUT2D eigenvalue weighted by atomic mass is 10.2. The number of aromatic nitrogens is 1. The molecule has 0 bridgehead atoms. The summed E-state index contributed by atoms with van der Waals surface area (Å²) in [4.78, 5) is 4.62. The highest BCUT2D eigenvalue weighted by Gasteiger charge is 2.07. The van der Waals surface area contributed by atoms with Crippen molar-refractivity contribution in [2.75, 3.05) is 12.4 Å². The molecule has 106 valence electrons. The number of hydrogen-bond acceptors (Lipinski definition) is 4. The number of anilines is 2. The van der Waals surface area contributed by atoms with E-state index in [1.165, 1.54) is 0 Å². The Morgan fingerprint density at radius 2 is 1.86 bits per heavy atom. The average molecular weight is 361 g/mol. The van der Waals surface area contributed by atoms with Crippen molar-refractivity contribution in [3.8, 4) is 17.0 Å². The van der Waals surface area contributed by atoms with E-state index in [9.17, 15) is 0 Å². The minimum atomic E-state index is 0.804.